The molecule has 0 spiro atoms. The molecule has 8 heteroatoms. The summed E-state index contributed by atoms with van der Waals surface area (Å²) in [6.45, 7) is 7.72. The molecule has 28 heavy (non-hydrogen) atoms. The number of carbonyl (C=O) groups is 1. The van der Waals surface area contributed by atoms with E-state index in [1.54, 1.807) is 20.0 Å². The molecule has 3 rings (SSSR count). The Labute approximate surface area is 167 Å². The standard InChI is InChI=1S/C20H22N4O3S/c1-11-7-6-8-16(13(11)3)27-14(4)18-22-23-20(28-18)21-17(25)15-10-9-12(2)24(5)19(15)26/h6-10,14H,1-5H3,(H,21,23,25). The van der Waals surface area contributed by atoms with Gasteiger partial charge >= 0.3 is 0 Å². The van der Waals surface area contributed by atoms with Gasteiger partial charge in [0.1, 0.15) is 17.4 Å². The van der Waals surface area contributed by atoms with E-state index in [1.807, 2.05) is 39.0 Å². The molecule has 7 nitrogen and oxygen atoms in total. The quantitative estimate of drug-likeness (QED) is 0.710. The fraction of sp³-hybridized carbons (Fsp3) is 0.300. The van der Waals surface area contributed by atoms with Crippen molar-refractivity contribution in [2.75, 3.05) is 5.32 Å². The van der Waals surface area contributed by atoms with E-state index in [0.29, 0.717) is 10.1 Å². The van der Waals surface area contributed by atoms with E-state index >= 15 is 0 Å². The zero-order valence-electron chi connectivity index (χ0n) is 16.4. The predicted octanol–water partition coefficient (Wildman–Crippen LogP) is 3.55. The van der Waals surface area contributed by atoms with Gasteiger partial charge in [-0.3, -0.25) is 14.9 Å². The Kier molecular flexibility index (Phi) is 5.60. The summed E-state index contributed by atoms with van der Waals surface area (Å²) in [6.07, 6.45) is -0.323. The van der Waals surface area contributed by atoms with E-state index in [2.05, 4.69) is 15.5 Å². The highest BCUT2D eigenvalue weighted by Gasteiger charge is 2.18. The van der Waals surface area contributed by atoms with Crippen molar-refractivity contribution in [2.24, 2.45) is 7.05 Å². The van der Waals surface area contributed by atoms with Crippen molar-refractivity contribution in [3.8, 4) is 5.75 Å². The topological polar surface area (TPSA) is 86.1 Å². The molecule has 146 valence electrons. The first-order valence-electron chi connectivity index (χ1n) is 8.82. The van der Waals surface area contributed by atoms with Crippen molar-refractivity contribution < 1.29 is 9.53 Å². The largest absolute Gasteiger partial charge is 0.483 e. The molecule has 0 saturated carbocycles. The number of ether oxygens (including phenoxy) is 1. The van der Waals surface area contributed by atoms with E-state index < -0.39 is 5.91 Å². The normalized spacial score (nSPS) is 11.9. The summed E-state index contributed by atoms with van der Waals surface area (Å²) in [5, 5.41) is 11.7. The lowest BCUT2D eigenvalue weighted by Crippen LogP contribution is -2.28. The molecular weight excluding hydrogens is 376 g/mol. The van der Waals surface area contributed by atoms with Gasteiger partial charge in [0, 0.05) is 12.7 Å². The van der Waals surface area contributed by atoms with Crippen LogP contribution in [0.2, 0.25) is 0 Å². The molecule has 2 aromatic heterocycles. The van der Waals surface area contributed by atoms with Crippen LogP contribution in [0.1, 0.15) is 45.2 Å². The molecule has 0 bridgehead atoms. The highest BCUT2D eigenvalue weighted by atomic mass is 32.1. The van der Waals surface area contributed by atoms with Crippen LogP contribution in [0.5, 0.6) is 5.75 Å². The Morgan fingerprint density at radius 3 is 2.68 bits per heavy atom. The molecule has 0 fully saturated rings. The second-order valence-corrected chi connectivity index (χ2v) is 7.62. The van der Waals surface area contributed by atoms with Gasteiger partial charge in [0.05, 0.1) is 0 Å². The average molecular weight is 398 g/mol. The fourth-order valence-corrected chi connectivity index (χ4v) is 3.33. The number of pyridine rings is 1. The number of anilines is 1. The van der Waals surface area contributed by atoms with Crippen LogP contribution in [0, 0.1) is 20.8 Å². The Bertz CT molecular complexity index is 1090. The Balaban J connectivity index is 1.73. The van der Waals surface area contributed by atoms with Crippen molar-refractivity contribution in [3.05, 3.63) is 68.1 Å². The lowest BCUT2D eigenvalue weighted by Gasteiger charge is -2.14. The molecular formula is C20H22N4O3S. The monoisotopic (exact) mass is 398 g/mol. The summed E-state index contributed by atoms with van der Waals surface area (Å²) in [5.74, 6) is 0.280. The molecule has 1 aromatic carbocycles. The molecule has 1 amide bonds. The average Bonchev–Trinajstić information content (AvgIpc) is 3.12. The lowest BCUT2D eigenvalue weighted by molar-refractivity contribution is 0.102. The SMILES string of the molecule is Cc1cccc(OC(C)c2nnc(NC(=O)c3ccc(C)n(C)c3=O)s2)c1C. The van der Waals surface area contributed by atoms with E-state index in [4.69, 9.17) is 4.74 Å². The maximum absolute atomic E-state index is 12.4. The minimum absolute atomic E-state index is 0.0598. The van der Waals surface area contributed by atoms with Gasteiger partial charge in [-0.2, -0.15) is 0 Å². The van der Waals surface area contributed by atoms with Gasteiger partial charge in [0.2, 0.25) is 5.13 Å². The highest BCUT2D eigenvalue weighted by molar-refractivity contribution is 7.15. The minimum Gasteiger partial charge on any atom is -0.483 e. The van der Waals surface area contributed by atoms with Gasteiger partial charge in [-0.25, -0.2) is 0 Å². The van der Waals surface area contributed by atoms with Crippen LogP contribution in [-0.2, 0) is 7.05 Å². The summed E-state index contributed by atoms with van der Waals surface area (Å²) in [4.78, 5) is 24.7. The molecule has 1 unspecified atom stereocenters. The molecule has 0 radical (unpaired) electrons. The maximum Gasteiger partial charge on any atom is 0.263 e. The molecule has 0 aliphatic carbocycles. The number of carbonyl (C=O) groups excluding carboxylic acids is 1. The fourth-order valence-electron chi connectivity index (χ4n) is 2.61. The number of benzene rings is 1. The van der Waals surface area contributed by atoms with Crippen LogP contribution in [0.25, 0.3) is 0 Å². The maximum atomic E-state index is 12.4. The van der Waals surface area contributed by atoms with E-state index in [0.717, 1.165) is 22.6 Å². The zero-order chi connectivity index (χ0) is 20.4. The van der Waals surface area contributed by atoms with Crippen molar-refractivity contribution in [1.82, 2.24) is 14.8 Å². The lowest BCUT2D eigenvalue weighted by atomic mass is 10.1. The van der Waals surface area contributed by atoms with Gasteiger partial charge < -0.3 is 9.30 Å². The van der Waals surface area contributed by atoms with Gasteiger partial charge in [0.15, 0.2) is 5.01 Å². The van der Waals surface area contributed by atoms with Crippen molar-refractivity contribution in [3.63, 3.8) is 0 Å². The van der Waals surface area contributed by atoms with Crippen LogP contribution in [-0.4, -0.2) is 20.7 Å². The Morgan fingerprint density at radius 2 is 1.93 bits per heavy atom. The number of amides is 1. The Morgan fingerprint density at radius 1 is 1.18 bits per heavy atom. The van der Waals surface area contributed by atoms with Crippen molar-refractivity contribution in [2.45, 2.75) is 33.8 Å². The number of aromatic nitrogens is 3. The first kappa shape index (κ1) is 19.8. The van der Waals surface area contributed by atoms with E-state index in [1.165, 1.54) is 22.0 Å². The summed E-state index contributed by atoms with van der Waals surface area (Å²) in [5.41, 5.74) is 2.70. The zero-order valence-corrected chi connectivity index (χ0v) is 17.3. The molecule has 0 saturated heterocycles. The third kappa shape index (κ3) is 3.96. The number of hydrogen-bond donors (Lipinski definition) is 1. The third-order valence-corrected chi connectivity index (χ3v) is 5.67. The summed E-state index contributed by atoms with van der Waals surface area (Å²) < 4.78 is 7.44. The van der Waals surface area contributed by atoms with Crippen LogP contribution >= 0.6 is 11.3 Å². The third-order valence-electron chi connectivity index (χ3n) is 4.67. The minimum atomic E-state index is -0.508. The number of nitrogens with zero attached hydrogens (tertiary/aromatic N) is 3. The van der Waals surface area contributed by atoms with Crippen LogP contribution in [0.15, 0.2) is 35.1 Å². The van der Waals surface area contributed by atoms with Gasteiger partial charge in [0.25, 0.3) is 11.5 Å². The number of rotatable bonds is 5. The van der Waals surface area contributed by atoms with Crippen LogP contribution in [0.3, 0.4) is 0 Å². The second kappa shape index (κ2) is 7.93. The number of nitrogens with one attached hydrogen (secondary N) is 1. The second-order valence-electron chi connectivity index (χ2n) is 6.61. The molecule has 3 aromatic rings. The van der Waals surface area contributed by atoms with E-state index in [9.17, 15) is 9.59 Å². The molecule has 2 heterocycles. The number of hydrogen-bond acceptors (Lipinski definition) is 6. The van der Waals surface area contributed by atoms with Crippen LogP contribution in [0.4, 0.5) is 5.13 Å². The first-order chi connectivity index (χ1) is 13.3. The van der Waals surface area contributed by atoms with Gasteiger partial charge in [-0.15, -0.1) is 10.2 Å². The molecule has 0 aliphatic heterocycles. The van der Waals surface area contributed by atoms with Crippen LogP contribution < -0.4 is 15.6 Å². The molecule has 1 atom stereocenters. The smallest absolute Gasteiger partial charge is 0.263 e. The summed E-state index contributed by atoms with van der Waals surface area (Å²) in [7, 11) is 1.63. The molecule has 0 aliphatic rings. The molecule has 1 N–H and O–H groups in total. The van der Waals surface area contributed by atoms with Crippen molar-refractivity contribution >= 4 is 22.4 Å². The van der Waals surface area contributed by atoms with Gasteiger partial charge in [-0.05, 0) is 57.0 Å². The van der Waals surface area contributed by atoms with Gasteiger partial charge in [-0.1, -0.05) is 23.5 Å². The van der Waals surface area contributed by atoms with E-state index in [-0.39, 0.29) is 17.2 Å². The Hall–Kier alpha value is -3.00. The highest BCUT2D eigenvalue weighted by Crippen LogP contribution is 2.29. The summed E-state index contributed by atoms with van der Waals surface area (Å²) >= 11 is 1.22. The predicted molar refractivity (Wildman–Crippen MR) is 109 cm³/mol. The summed E-state index contributed by atoms with van der Waals surface area (Å²) in [6, 6.07) is 9.12. The number of aryl methyl sites for hydroxylation is 2. The first-order valence-corrected chi connectivity index (χ1v) is 9.64. The van der Waals surface area contributed by atoms with Crippen molar-refractivity contribution in [1.29, 1.82) is 0 Å².